The van der Waals surface area contributed by atoms with Crippen LogP contribution in [0.1, 0.15) is 59.4 Å². The highest BCUT2D eigenvalue weighted by Gasteiger charge is 2.22. The van der Waals surface area contributed by atoms with Crippen molar-refractivity contribution in [3.8, 4) is 11.3 Å². The third-order valence-corrected chi connectivity index (χ3v) is 5.69. The summed E-state index contributed by atoms with van der Waals surface area (Å²) in [7, 11) is -2.94. The van der Waals surface area contributed by atoms with Crippen LogP contribution >= 0.6 is 0 Å². The van der Waals surface area contributed by atoms with Gasteiger partial charge in [0.2, 0.25) is 16.0 Å². The Labute approximate surface area is 208 Å². The average molecular weight is 503 g/mol. The zero-order valence-electron chi connectivity index (χ0n) is 23.8. The Morgan fingerprint density at radius 3 is 2.41 bits per heavy atom. The van der Waals surface area contributed by atoms with Gasteiger partial charge in [0.15, 0.2) is 0 Å². The Bertz CT molecular complexity index is 1310. The van der Waals surface area contributed by atoms with Crippen LogP contribution in [0.15, 0.2) is 30.3 Å². The molecule has 0 unspecified atom stereocenters. The van der Waals surface area contributed by atoms with Crippen LogP contribution in [0.5, 0.6) is 0 Å². The topological polar surface area (TPSA) is 144 Å². The maximum atomic E-state index is 13.7. The summed E-state index contributed by atoms with van der Waals surface area (Å²) in [6.07, 6.45) is -1.30. The van der Waals surface area contributed by atoms with Gasteiger partial charge in [0.25, 0.3) is 0 Å². The fourth-order valence-corrected chi connectivity index (χ4v) is 3.19. The van der Waals surface area contributed by atoms with Gasteiger partial charge in [-0.3, -0.25) is 0 Å². The van der Waals surface area contributed by atoms with E-state index < -0.39 is 78.1 Å². The summed E-state index contributed by atoms with van der Waals surface area (Å²) in [5.41, 5.74) is -0.890. The number of benzene rings is 1. The van der Waals surface area contributed by atoms with Gasteiger partial charge in [-0.1, -0.05) is 33.3 Å². The number of sulfonamides is 1. The minimum absolute atomic E-state index is 0. The molecule has 0 fully saturated rings. The lowest BCUT2D eigenvalue weighted by Gasteiger charge is -2.20. The van der Waals surface area contributed by atoms with E-state index in [4.69, 9.17) is 8.22 Å². The highest BCUT2D eigenvalue weighted by molar-refractivity contribution is 7.92. The third-order valence-electron chi connectivity index (χ3n) is 4.53. The van der Waals surface area contributed by atoms with Gasteiger partial charge in [0.05, 0.1) is 29.9 Å². The van der Waals surface area contributed by atoms with Crippen LogP contribution in [-0.4, -0.2) is 60.1 Å². The summed E-state index contributed by atoms with van der Waals surface area (Å²) in [5, 5.41) is 30.8. The van der Waals surface area contributed by atoms with Gasteiger partial charge in [-0.25, -0.2) is 27.1 Å². The molecule has 0 aliphatic carbocycles. The van der Waals surface area contributed by atoms with Gasteiger partial charge in [-0.05, 0) is 30.2 Å². The summed E-state index contributed by atoms with van der Waals surface area (Å²) in [6, 6.07) is 4.56. The molecule has 1 aromatic heterocycles. The first kappa shape index (κ1) is 20.5. The molecule has 11 heteroatoms. The van der Waals surface area contributed by atoms with Crippen molar-refractivity contribution < 1.29 is 41.1 Å². The van der Waals surface area contributed by atoms with Crippen LogP contribution in [0, 0.1) is 5.82 Å². The summed E-state index contributed by atoms with van der Waals surface area (Å²) in [6.45, 7) is -6.35. The van der Waals surface area contributed by atoms with Crippen LogP contribution < -0.4 is 9.41 Å². The second-order valence-corrected chi connectivity index (χ2v) is 9.25. The molecule has 0 saturated heterocycles. The number of carbonyl (C=O) groups is 1. The molecule has 1 heterocycles. The highest BCUT2D eigenvalue weighted by atomic mass is 32.2. The number of aliphatic hydroxyl groups is 2. The Balaban J connectivity index is 0.00000800. The summed E-state index contributed by atoms with van der Waals surface area (Å²) in [5.74, 6) is -5.01. The predicted molar refractivity (Wildman–Crippen MR) is 127 cm³/mol. The number of hydrogen-bond donors (Lipinski definition) is 2. The number of carboxylic acids is 1. The minimum Gasteiger partial charge on any atom is -0.550 e. The van der Waals surface area contributed by atoms with Gasteiger partial charge >= 0.3 is 0 Å². The van der Waals surface area contributed by atoms with E-state index in [1.807, 2.05) is 0 Å². The molecule has 2 rings (SSSR count). The second-order valence-electron chi connectivity index (χ2n) is 7.23. The minimum atomic E-state index is -4.01. The van der Waals surface area contributed by atoms with Crippen molar-refractivity contribution in [1.29, 1.82) is 0 Å². The van der Waals surface area contributed by atoms with Crippen molar-refractivity contribution >= 4 is 28.0 Å². The van der Waals surface area contributed by atoms with Crippen LogP contribution in [-0.2, 0) is 14.8 Å². The van der Waals surface area contributed by atoms with E-state index in [0.29, 0.717) is 4.31 Å². The summed E-state index contributed by atoms with van der Waals surface area (Å²) >= 11 is 0. The van der Waals surface area contributed by atoms with Gasteiger partial charge in [-0.15, -0.1) is 0 Å². The number of rotatable bonds is 10. The second kappa shape index (κ2) is 12.0. The zero-order valence-corrected chi connectivity index (χ0v) is 18.6. The number of anilines is 1. The smallest absolute Gasteiger partial charge is 0.239 e. The number of halogens is 1. The molecule has 0 bridgehead atoms. The van der Waals surface area contributed by atoms with E-state index in [2.05, 4.69) is 9.97 Å². The molecule has 2 N–H and O–H groups in total. The first-order valence-electron chi connectivity index (χ1n) is 12.6. The number of aliphatic carboxylic acids is 1. The molecule has 34 heavy (non-hydrogen) atoms. The van der Waals surface area contributed by atoms with Gasteiger partial charge in [0, 0.05) is 45.2 Å². The predicted octanol–water partition coefficient (Wildman–Crippen LogP) is 1.70. The lowest BCUT2D eigenvalue weighted by Crippen LogP contribution is -2.29. The fourth-order valence-electron chi connectivity index (χ4n) is 2.82. The molecule has 0 saturated carbocycles. The number of carboxylic acid groups (broad SMARTS) is 1. The van der Waals surface area contributed by atoms with Crippen molar-refractivity contribution in [3.63, 3.8) is 0 Å². The lowest BCUT2D eigenvalue weighted by atomic mass is 9.97. The van der Waals surface area contributed by atoms with Crippen molar-refractivity contribution in [2.45, 2.75) is 52.1 Å². The van der Waals surface area contributed by atoms with Gasteiger partial charge < -0.3 is 20.1 Å². The largest absolute Gasteiger partial charge is 0.550 e. The van der Waals surface area contributed by atoms with Crippen molar-refractivity contribution in [2.75, 3.05) is 17.6 Å². The Hall–Kier alpha value is -2.89. The number of carbonyl (C=O) groups excluding carboxylic acids is 1. The van der Waals surface area contributed by atoms with Crippen LogP contribution in [0.2, 0.25) is 0 Å². The van der Waals surface area contributed by atoms with Crippen molar-refractivity contribution in [3.05, 3.63) is 47.4 Å². The summed E-state index contributed by atoms with van der Waals surface area (Å²) in [4.78, 5) is 18.9. The van der Waals surface area contributed by atoms with Crippen molar-refractivity contribution in [2.24, 2.45) is 0 Å². The highest BCUT2D eigenvalue weighted by Crippen LogP contribution is 2.31. The van der Waals surface area contributed by atoms with Crippen LogP contribution in [0.25, 0.3) is 17.3 Å². The van der Waals surface area contributed by atoms with E-state index >= 15 is 0 Å². The molecule has 2 aromatic rings. The molecule has 0 radical (unpaired) electrons. The molecule has 0 aliphatic heterocycles. The van der Waals surface area contributed by atoms with E-state index in [-0.39, 0.29) is 24.2 Å². The SMILES string of the molecule is C.[2H]C([2H])([2H])C(c1nc(N(C)S(C)(=O)=O)nc(-c2ccc(F)cc2)c1/C=C/[C@@H](O)C[C@@H](O)CC(=O)[O-])C([2H])([2H])[2H]. The Morgan fingerprint density at radius 1 is 1.26 bits per heavy atom. The molecule has 9 nitrogen and oxygen atoms in total. The fraction of sp³-hybridized carbons (Fsp3) is 0.435. The van der Waals surface area contributed by atoms with E-state index in [9.17, 15) is 32.9 Å². The average Bonchev–Trinajstić information content (AvgIpc) is 2.74. The number of aromatic nitrogens is 2. The molecule has 188 valence electrons. The number of aliphatic hydroxyl groups excluding tert-OH is 2. The summed E-state index contributed by atoms with van der Waals surface area (Å²) < 4.78 is 86.3. The van der Waals surface area contributed by atoms with Gasteiger partial charge in [0.1, 0.15) is 5.82 Å². The maximum Gasteiger partial charge on any atom is 0.239 e. The molecule has 0 spiro atoms. The Kier molecular flexibility index (Phi) is 7.23. The first-order chi connectivity index (χ1) is 17.7. The monoisotopic (exact) mass is 502 g/mol. The van der Waals surface area contributed by atoms with E-state index in [0.717, 1.165) is 37.6 Å². The molecule has 2 atom stereocenters. The molecular weight excluding hydrogens is 465 g/mol. The quantitative estimate of drug-likeness (QED) is 0.500. The molecule has 0 amide bonds. The first-order valence-corrected chi connectivity index (χ1v) is 11.4. The zero-order chi connectivity index (χ0) is 29.9. The molecular formula is C23H31FN3O6S-. The lowest BCUT2D eigenvalue weighted by molar-refractivity contribution is -0.307. The maximum absolute atomic E-state index is 13.7. The molecule has 0 aliphatic rings. The van der Waals surface area contributed by atoms with E-state index in [1.54, 1.807) is 0 Å². The Morgan fingerprint density at radius 2 is 1.88 bits per heavy atom. The van der Waals surface area contributed by atoms with Crippen LogP contribution in [0.3, 0.4) is 0 Å². The van der Waals surface area contributed by atoms with Crippen molar-refractivity contribution in [1.82, 2.24) is 9.97 Å². The third kappa shape index (κ3) is 7.86. The standard InChI is InChI=1S/C22H28FN3O6S.CH4/c1-13(2)20-18(10-9-16(27)11-17(28)12-19(29)30)21(14-5-7-15(23)8-6-14)25-22(24-20)26(3)33(4,31)32;/h5-10,13,16-17,27-28H,11-12H2,1-4H3,(H,29,30);1H4/p-1/b10-9+;/t16-,17-;/m1./s1/i1D3,2D3;. The normalized spacial score (nSPS) is 16.9. The number of hydrogen-bond acceptors (Lipinski definition) is 8. The van der Waals surface area contributed by atoms with Crippen LogP contribution in [0.4, 0.5) is 10.3 Å². The molecule has 1 aromatic carbocycles. The van der Waals surface area contributed by atoms with Gasteiger partial charge in [-0.2, -0.15) is 0 Å². The number of nitrogens with zero attached hydrogens (tertiary/aromatic N) is 3. The van der Waals surface area contributed by atoms with E-state index in [1.165, 1.54) is 12.1 Å².